The van der Waals surface area contributed by atoms with Crippen LogP contribution in [0.3, 0.4) is 0 Å². The lowest BCUT2D eigenvalue weighted by atomic mass is 9.67. The molecule has 0 amide bonds. The van der Waals surface area contributed by atoms with Crippen LogP contribution < -0.4 is 0 Å². The molecule has 1 unspecified atom stereocenters. The second-order valence-electron chi connectivity index (χ2n) is 8.94. The molecule has 0 bridgehead atoms. The van der Waals surface area contributed by atoms with Crippen molar-refractivity contribution in [3.05, 3.63) is 152 Å². The Kier molecular flexibility index (Phi) is 5.32. The Morgan fingerprint density at radius 1 is 0.500 bits per heavy atom. The van der Waals surface area contributed by atoms with Crippen LogP contribution in [0.15, 0.2) is 124 Å². The Morgan fingerprint density at radius 3 is 1.76 bits per heavy atom. The highest BCUT2D eigenvalue weighted by atomic mass is 79.9. The first-order valence-corrected chi connectivity index (χ1v) is 13.0. The zero-order valence-corrected chi connectivity index (χ0v) is 21.9. The molecular formula is C32H22Br2. The van der Waals surface area contributed by atoms with E-state index in [1.807, 2.05) is 0 Å². The number of halogens is 2. The molecule has 2 heteroatoms. The predicted octanol–water partition coefficient (Wildman–Crippen LogP) is 9.55. The van der Waals surface area contributed by atoms with Crippen molar-refractivity contribution < 1.29 is 0 Å². The van der Waals surface area contributed by atoms with Crippen molar-refractivity contribution in [3.8, 4) is 22.3 Å². The van der Waals surface area contributed by atoms with E-state index in [-0.39, 0.29) is 0 Å². The average molecular weight is 566 g/mol. The maximum atomic E-state index is 3.77. The van der Waals surface area contributed by atoms with Crippen molar-refractivity contribution >= 4 is 31.9 Å². The van der Waals surface area contributed by atoms with Crippen LogP contribution in [0.4, 0.5) is 0 Å². The monoisotopic (exact) mass is 564 g/mol. The Bertz CT molecular complexity index is 1500. The SMILES string of the molecule is Cc1ccc(C2(c3ccccc3)c3cc(Br)ccc3-c3ccc(-c4ccc(Br)cc4)cc32)cc1. The number of fused-ring (bicyclic) bond motifs is 3. The summed E-state index contributed by atoms with van der Waals surface area (Å²) in [5.41, 5.74) is 11.1. The second kappa shape index (κ2) is 8.37. The van der Waals surface area contributed by atoms with E-state index in [2.05, 4.69) is 154 Å². The first-order chi connectivity index (χ1) is 16.6. The van der Waals surface area contributed by atoms with Gasteiger partial charge < -0.3 is 0 Å². The number of benzene rings is 5. The lowest BCUT2D eigenvalue weighted by Crippen LogP contribution is -2.28. The van der Waals surface area contributed by atoms with Crippen LogP contribution in [0.25, 0.3) is 22.3 Å². The van der Waals surface area contributed by atoms with Crippen molar-refractivity contribution in [2.45, 2.75) is 12.3 Å². The summed E-state index contributed by atoms with van der Waals surface area (Å²) in [6.45, 7) is 2.15. The lowest BCUT2D eigenvalue weighted by Gasteiger charge is -2.34. The number of hydrogen-bond donors (Lipinski definition) is 0. The summed E-state index contributed by atoms with van der Waals surface area (Å²) < 4.78 is 2.19. The van der Waals surface area contributed by atoms with Crippen molar-refractivity contribution in [2.24, 2.45) is 0 Å². The molecule has 5 aromatic rings. The molecule has 0 nitrogen and oxygen atoms in total. The van der Waals surface area contributed by atoms with Gasteiger partial charge in [-0.15, -0.1) is 0 Å². The molecule has 0 fully saturated rings. The molecule has 1 aliphatic rings. The highest BCUT2D eigenvalue weighted by molar-refractivity contribution is 9.10. The Morgan fingerprint density at radius 2 is 1.06 bits per heavy atom. The molecule has 0 radical (unpaired) electrons. The molecule has 164 valence electrons. The summed E-state index contributed by atoms with van der Waals surface area (Å²) in [7, 11) is 0. The minimum absolute atomic E-state index is 0.394. The minimum Gasteiger partial charge on any atom is -0.0622 e. The van der Waals surface area contributed by atoms with Gasteiger partial charge >= 0.3 is 0 Å². The third kappa shape index (κ3) is 3.32. The fraction of sp³-hybridized carbons (Fsp3) is 0.0625. The summed E-state index contributed by atoms with van der Waals surface area (Å²) in [6.07, 6.45) is 0. The first kappa shape index (κ1) is 21.6. The van der Waals surface area contributed by atoms with Crippen LogP contribution in [-0.4, -0.2) is 0 Å². The van der Waals surface area contributed by atoms with Gasteiger partial charge in [-0.1, -0.05) is 122 Å². The van der Waals surface area contributed by atoms with E-state index in [9.17, 15) is 0 Å². The molecule has 1 atom stereocenters. The molecule has 0 heterocycles. The molecule has 0 saturated heterocycles. The van der Waals surface area contributed by atoms with Crippen molar-refractivity contribution in [3.63, 3.8) is 0 Å². The summed E-state index contributed by atoms with van der Waals surface area (Å²) in [4.78, 5) is 0. The zero-order valence-electron chi connectivity index (χ0n) is 18.7. The van der Waals surface area contributed by atoms with E-state index in [1.54, 1.807) is 0 Å². The van der Waals surface area contributed by atoms with Gasteiger partial charge in [-0.05, 0) is 81.8 Å². The molecule has 6 rings (SSSR count). The van der Waals surface area contributed by atoms with E-state index in [0.29, 0.717) is 0 Å². The third-order valence-electron chi connectivity index (χ3n) is 6.97. The molecule has 5 aromatic carbocycles. The van der Waals surface area contributed by atoms with E-state index in [1.165, 1.54) is 50.1 Å². The van der Waals surface area contributed by atoms with Gasteiger partial charge in [-0.3, -0.25) is 0 Å². The summed E-state index contributed by atoms with van der Waals surface area (Å²) in [5.74, 6) is 0. The number of hydrogen-bond acceptors (Lipinski definition) is 0. The van der Waals surface area contributed by atoms with E-state index >= 15 is 0 Å². The Balaban J connectivity index is 1.73. The van der Waals surface area contributed by atoms with Crippen LogP contribution in [0.1, 0.15) is 27.8 Å². The summed E-state index contributed by atoms with van der Waals surface area (Å²) >= 11 is 7.35. The van der Waals surface area contributed by atoms with Gasteiger partial charge in [-0.2, -0.15) is 0 Å². The molecule has 34 heavy (non-hydrogen) atoms. The fourth-order valence-electron chi connectivity index (χ4n) is 5.40. The van der Waals surface area contributed by atoms with Gasteiger partial charge in [0.1, 0.15) is 0 Å². The topological polar surface area (TPSA) is 0 Å². The van der Waals surface area contributed by atoms with E-state index < -0.39 is 5.41 Å². The molecule has 0 aliphatic heterocycles. The summed E-state index contributed by atoms with van der Waals surface area (Å²) in [6, 6.07) is 42.3. The van der Waals surface area contributed by atoms with Crippen LogP contribution in [0.2, 0.25) is 0 Å². The minimum atomic E-state index is -0.394. The molecule has 1 aliphatic carbocycles. The molecular weight excluding hydrogens is 544 g/mol. The van der Waals surface area contributed by atoms with Gasteiger partial charge in [0.15, 0.2) is 0 Å². The van der Waals surface area contributed by atoms with Crippen LogP contribution >= 0.6 is 31.9 Å². The molecule has 0 N–H and O–H groups in total. The highest BCUT2D eigenvalue weighted by Gasteiger charge is 2.46. The highest BCUT2D eigenvalue weighted by Crippen LogP contribution is 2.57. The van der Waals surface area contributed by atoms with Gasteiger partial charge in [-0.25, -0.2) is 0 Å². The van der Waals surface area contributed by atoms with Crippen molar-refractivity contribution in [2.75, 3.05) is 0 Å². The number of rotatable bonds is 3. The quantitative estimate of drug-likeness (QED) is 0.200. The molecule has 0 saturated carbocycles. The smallest absolute Gasteiger partial charge is 0.0622 e. The second-order valence-corrected chi connectivity index (χ2v) is 10.8. The van der Waals surface area contributed by atoms with Crippen LogP contribution in [0, 0.1) is 6.92 Å². The van der Waals surface area contributed by atoms with Crippen LogP contribution in [0.5, 0.6) is 0 Å². The first-order valence-electron chi connectivity index (χ1n) is 11.4. The van der Waals surface area contributed by atoms with Gasteiger partial charge in [0.05, 0.1) is 5.41 Å². The Hall–Kier alpha value is -2.94. The largest absolute Gasteiger partial charge is 0.0714 e. The fourth-order valence-corrected chi connectivity index (χ4v) is 6.02. The number of aryl methyl sites for hydroxylation is 1. The normalized spacial score (nSPS) is 16.2. The maximum Gasteiger partial charge on any atom is 0.0714 e. The van der Waals surface area contributed by atoms with Gasteiger partial charge in [0.25, 0.3) is 0 Å². The van der Waals surface area contributed by atoms with Gasteiger partial charge in [0.2, 0.25) is 0 Å². The van der Waals surface area contributed by atoms with Crippen molar-refractivity contribution in [1.29, 1.82) is 0 Å². The van der Waals surface area contributed by atoms with E-state index in [0.717, 1.165) is 8.95 Å². The standard InChI is InChI=1S/C32H22Br2/c1-21-7-12-25(13-8-21)32(24-5-3-2-4-6-24)30-19-23(22-9-14-26(33)15-10-22)11-17-28(30)29-18-16-27(34)20-31(29)32/h2-20H,1H3. The van der Waals surface area contributed by atoms with Gasteiger partial charge in [0, 0.05) is 8.95 Å². The van der Waals surface area contributed by atoms with Crippen molar-refractivity contribution in [1.82, 2.24) is 0 Å². The molecule has 0 spiro atoms. The lowest BCUT2D eigenvalue weighted by molar-refractivity contribution is 0.767. The van der Waals surface area contributed by atoms with Crippen LogP contribution in [-0.2, 0) is 5.41 Å². The predicted molar refractivity (Wildman–Crippen MR) is 149 cm³/mol. The third-order valence-corrected chi connectivity index (χ3v) is 7.99. The van der Waals surface area contributed by atoms with E-state index in [4.69, 9.17) is 0 Å². The maximum absolute atomic E-state index is 3.77. The molecule has 0 aromatic heterocycles. The average Bonchev–Trinajstić information content (AvgIpc) is 3.15. The zero-order chi connectivity index (χ0) is 23.3. The summed E-state index contributed by atoms with van der Waals surface area (Å²) in [5, 5.41) is 0. The Labute approximate surface area is 217 Å².